The molecule has 4 rings (SSSR count). The first-order chi connectivity index (χ1) is 20.1. The number of alkyl halides is 5. The van der Waals surface area contributed by atoms with Crippen molar-refractivity contribution in [3.8, 4) is 28.0 Å². The van der Waals surface area contributed by atoms with E-state index in [-0.39, 0.29) is 40.4 Å². The molecule has 0 radical (unpaired) electrons. The van der Waals surface area contributed by atoms with E-state index in [0.29, 0.717) is 23.3 Å². The van der Waals surface area contributed by atoms with Gasteiger partial charge in [-0.3, -0.25) is 0 Å². The molecule has 12 heteroatoms. The number of hydrogen-bond donors (Lipinski definition) is 0. The molecule has 226 valence electrons. The van der Waals surface area contributed by atoms with Crippen molar-refractivity contribution in [1.82, 2.24) is 0 Å². The lowest BCUT2D eigenvalue weighted by Crippen LogP contribution is -2.22. The molecule has 0 saturated heterocycles. The van der Waals surface area contributed by atoms with Crippen molar-refractivity contribution in [2.45, 2.75) is 32.1 Å². The minimum atomic E-state index is -5.44. The summed E-state index contributed by atoms with van der Waals surface area (Å²) in [5.74, 6) is -9.45. The molecule has 0 aliphatic heterocycles. The minimum Gasteiger partial charge on any atom is -0.429 e. The smallest absolute Gasteiger partial charge is 0.422 e. The summed E-state index contributed by atoms with van der Waals surface area (Å²) in [5.41, 5.74) is -1.87. The molecule has 0 amide bonds. The van der Waals surface area contributed by atoms with Crippen LogP contribution in [0.2, 0.25) is 5.02 Å². The summed E-state index contributed by atoms with van der Waals surface area (Å²) in [6.07, 6.45) is -8.05. The molecule has 0 fully saturated rings. The fourth-order valence-electron chi connectivity index (χ4n) is 4.31. The Hall–Kier alpha value is -3.99. The zero-order valence-corrected chi connectivity index (χ0v) is 22.7. The van der Waals surface area contributed by atoms with Crippen LogP contribution in [0.5, 0.6) is 5.75 Å². The second-order valence-corrected chi connectivity index (χ2v) is 9.78. The van der Waals surface area contributed by atoms with Gasteiger partial charge in [0.2, 0.25) is 0 Å². The van der Waals surface area contributed by atoms with Gasteiger partial charge in [0.15, 0.2) is 0 Å². The van der Waals surface area contributed by atoms with E-state index in [4.69, 9.17) is 11.6 Å². The maximum absolute atomic E-state index is 15.1. The predicted molar refractivity (Wildman–Crippen MR) is 142 cm³/mol. The predicted octanol–water partition coefficient (Wildman–Crippen LogP) is 11.0. The third kappa shape index (κ3) is 7.33. The molecule has 1 nitrogen and oxygen atoms in total. The van der Waals surface area contributed by atoms with E-state index in [0.717, 1.165) is 24.5 Å². The first-order valence-electron chi connectivity index (χ1n) is 12.5. The zero-order valence-electron chi connectivity index (χ0n) is 21.9. The maximum Gasteiger partial charge on any atom is 0.422 e. The molecular formula is C31H19ClF10O. The molecule has 0 aromatic heterocycles. The van der Waals surface area contributed by atoms with E-state index in [1.165, 1.54) is 6.07 Å². The van der Waals surface area contributed by atoms with Crippen molar-refractivity contribution in [3.63, 3.8) is 0 Å². The van der Waals surface area contributed by atoms with Crippen molar-refractivity contribution in [3.05, 3.63) is 118 Å². The Balaban J connectivity index is 1.58. The number of benzene rings is 4. The van der Waals surface area contributed by atoms with E-state index in [1.54, 1.807) is 12.1 Å². The van der Waals surface area contributed by atoms with Gasteiger partial charge in [-0.15, -0.1) is 0 Å². The highest BCUT2D eigenvalue weighted by Gasteiger charge is 2.39. The van der Waals surface area contributed by atoms with Crippen LogP contribution >= 0.6 is 11.6 Å². The van der Waals surface area contributed by atoms with E-state index in [2.05, 4.69) is 4.74 Å². The number of hydrogen-bond acceptors (Lipinski definition) is 1. The normalized spacial score (nSPS) is 12.3. The highest BCUT2D eigenvalue weighted by Crippen LogP contribution is 2.38. The van der Waals surface area contributed by atoms with Crippen LogP contribution < -0.4 is 4.74 Å². The average molecular weight is 633 g/mol. The molecule has 0 aliphatic carbocycles. The summed E-state index contributed by atoms with van der Waals surface area (Å²) >= 11 is 6.27. The number of ether oxygens (including phenoxy) is 1. The molecule has 0 N–H and O–H groups in total. The molecule has 4 aromatic carbocycles. The first kappa shape index (κ1) is 31.9. The van der Waals surface area contributed by atoms with Crippen LogP contribution in [0, 0.1) is 29.1 Å². The molecule has 0 heterocycles. The molecule has 0 atom stereocenters. The summed E-state index contributed by atoms with van der Waals surface area (Å²) in [6, 6.07) is 10.9. The first-order valence-corrected chi connectivity index (χ1v) is 12.9. The SMILES string of the molecule is CCCc1ccc(-c2cc(F)c(-c3cc(F)c(/C=C/C(F)(F)Oc4cc(F)c(C(F)(F)F)c(F)c4)c(F)c3)c(Cl)c2)cc1. The largest absolute Gasteiger partial charge is 0.429 e. The summed E-state index contributed by atoms with van der Waals surface area (Å²) < 4.78 is 143. The van der Waals surface area contributed by atoms with Crippen LogP contribution in [0.3, 0.4) is 0 Å². The van der Waals surface area contributed by atoms with Gasteiger partial charge in [-0.25, -0.2) is 22.0 Å². The average Bonchev–Trinajstić information content (AvgIpc) is 2.87. The van der Waals surface area contributed by atoms with Crippen molar-refractivity contribution in [1.29, 1.82) is 0 Å². The molecule has 0 unspecified atom stereocenters. The number of aryl methyl sites for hydroxylation is 1. The van der Waals surface area contributed by atoms with Crippen LogP contribution in [0.4, 0.5) is 43.9 Å². The van der Waals surface area contributed by atoms with Gasteiger partial charge in [-0.1, -0.05) is 49.2 Å². The van der Waals surface area contributed by atoms with E-state index >= 15 is 4.39 Å². The lowest BCUT2D eigenvalue weighted by Gasteiger charge is -2.16. The standard InChI is InChI=1S/C31H19ClF10O/c1-2-3-16-4-6-17(7-5-16)18-10-22(32)28(25(35)11-18)19-12-23(33)21(24(34)13-19)8-9-30(38,39)43-20-14-26(36)29(27(37)15-20)31(40,41)42/h4-15H,2-3H2,1H3/b9-8+. The van der Waals surface area contributed by atoms with Crippen molar-refractivity contribution in [2.24, 2.45) is 0 Å². The lowest BCUT2D eigenvalue weighted by molar-refractivity contribution is -0.143. The fourth-order valence-corrected chi connectivity index (χ4v) is 4.62. The third-order valence-electron chi connectivity index (χ3n) is 6.23. The second kappa shape index (κ2) is 12.3. The van der Waals surface area contributed by atoms with Gasteiger partial charge in [0.25, 0.3) is 0 Å². The molecule has 0 aliphatic rings. The van der Waals surface area contributed by atoms with Gasteiger partial charge in [0.05, 0.1) is 5.02 Å². The minimum absolute atomic E-state index is 0.116. The van der Waals surface area contributed by atoms with Gasteiger partial charge in [0.1, 0.15) is 40.4 Å². The number of halogens is 11. The molecule has 0 spiro atoms. The monoisotopic (exact) mass is 632 g/mol. The highest BCUT2D eigenvalue weighted by atomic mass is 35.5. The number of rotatable bonds is 8. The summed E-state index contributed by atoms with van der Waals surface area (Å²) in [6.45, 7) is 2.03. The lowest BCUT2D eigenvalue weighted by atomic mass is 9.97. The Bertz CT molecular complexity index is 1610. The Kier molecular flexibility index (Phi) is 9.15. The van der Waals surface area contributed by atoms with Crippen LogP contribution in [0.15, 0.2) is 66.7 Å². The Morgan fingerprint density at radius 3 is 1.77 bits per heavy atom. The molecule has 43 heavy (non-hydrogen) atoms. The van der Waals surface area contributed by atoms with Crippen molar-refractivity contribution < 1.29 is 48.6 Å². The quantitative estimate of drug-likeness (QED) is 0.176. The van der Waals surface area contributed by atoms with Gasteiger partial charge in [0, 0.05) is 29.3 Å². The molecular weight excluding hydrogens is 614 g/mol. The third-order valence-corrected chi connectivity index (χ3v) is 6.53. The molecule has 0 bridgehead atoms. The molecule has 0 saturated carbocycles. The van der Waals surface area contributed by atoms with Crippen molar-refractivity contribution >= 4 is 17.7 Å². The maximum atomic E-state index is 15.1. The summed E-state index contributed by atoms with van der Waals surface area (Å²) in [7, 11) is 0. The molecule has 4 aromatic rings. The van der Waals surface area contributed by atoms with Gasteiger partial charge >= 0.3 is 12.3 Å². The van der Waals surface area contributed by atoms with Crippen LogP contribution in [0.25, 0.3) is 28.3 Å². The Labute approximate surface area is 244 Å². The van der Waals surface area contributed by atoms with Crippen LogP contribution in [-0.4, -0.2) is 6.11 Å². The Morgan fingerprint density at radius 1 is 0.698 bits per heavy atom. The van der Waals surface area contributed by atoms with E-state index in [1.807, 2.05) is 19.1 Å². The van der Waals surface area contributed by atoms with Gasteiger partial charge < -0.3 is 4.74 Å². The van der Waals surface area contributed by atoms with E-state index in [9.17, 15) is 39.5 Å². The fraction of sp³-hybridized carbons (Fsp3) is 0.161. The topological polar surface area (TPSA) is 9.23 Å². The second-order valence-electron chi connectivity index (χ2n) is 9.37. The van der Waals surface area contributed by atoms with Crippen molar-refractivity contribution in [2.75, 3.05) is 0 Å². The van der Waals surface area contributed by atoms with Crippen LogP contribution in [0.1, 0.15) is 30.0 Å². The van der Waals surface area contributed by atoms with Crippen LogP contribution in [-0.2, 0) is 12.6 Å². The summed E-state index contributed by atoms with van der Waals surface area (Å²) in [4.78, 5) is 0. The van der Waals surface area contributed by atoms with Gasteiger partial charge in [-0.2, -0.15) is 22.0 Å². The Morgan fingerprint density at radius 2 is 1.26 bits per heavy atom. The zero-order chi connectivity index (χ0) is 31.7. The van der Waals surface area contributed by atoms with E-state index < -0.39 is 58.2 Å². The highest BCUT2D eigenvalue weighted by molar-refractivity contribution is 6.33. The summed E-state index contributed by atoms with van der Waals surface area (Å²) in [5, 5.41) is -0.175. The van der Waals surface area contributed by atoms with Gasteiger partial charge in [-0.05, 0) is 59.0 Å².